The molecule has 0 atom stereocenters. The molecule has 0 bridgehead atoms. The van der Waals surface area contributed by atoms with Crippen LogP contribution in [0.1, 0.15) is 40.5 Å². The van der Waals surface area contributed by atoms with Crippen LogP contribution in [0.2, 0.25) is 0 Å². The standard InChI is InChI=1S/C13H26N2O3/c1-11(2,12(3,4)14)10(17)15-13(9-16)5-7-18-8-6-13/h16H,5-9,14H2,1-4H3,(H,15,17). The Labute approximate surface area is 109 Å². The van der Waals surface area contributed by atoms with Gasteiger partial charge < -0.3 is 20.9 Å². The predicted octanol–water partition coefficient (Wildman–Crippen LogP) is 0.408. The van der Waals surface area contributed by atoms with Gasteiger partial charge in [0.2, 0.25) is 5.91 Å². The molecule has 5 heteroatoms. The number of aliphatic hydroxyl groups excluding tert-OH is 1. The largest absolute Gasteiger partial charge is 0.394 e. The Balaban J connectivity index is 2.79. The smallest absolute Gasteiger partial charge is 0.228 e. The zero-order valence-electron chi connectivity index (χ0n) is 11.9. The number of hydrogen-bond donors (Lipinski definition) is 3. The van der Waals surface area contributed by atoms with Gasteiger partial charge in [0.25, 0.3) is 0 Å². The van der Waals surface area contributed by atoms with Crippen molar-refractivity contribution in [3.63, 3.8) is 0 Å². The molecular formula is C13H26N2O3. The summed E-state index contributed by atoms with van der Waals surface area (Å²) in [6, 6.07) is 0. The lowest BCUT2D eigenvalue weighted by Gasteiger charge is -2.42. The molecule has 1 fully saturated rings. The van der Waals surface area contributed by atoms with Crippen LogP contribution in [0.3, 0.4) is 0 Å². The number of nitrogens with one attached hydrogen (secondary N) is 1. The van der Waals surface area contributed by atoms with Gasteiger partial charge in [-0.05, 0) is 40.5 Å². The lowest BCUT2D eigenvalue weighted by Crippen LogP contribution is -2.62. The first-order valence-corrected chi connectivity index (χ1v) is 6.45. The summed E-state index contributed by atoms with van der Waals surface area (Å²) < 4.78 is 5.27. The predicted molar refractivity (Wildman–Crippen MR) is 70.1 cm³/mol. The van der Waals surface area contributed by atoms with Gasteiger partial charge in [-0.15, -0.1) is 0 Å². The van der Waals surface area contributed by atoms with E-state index in [1.165, 1.54) is 0 Å². The summed E-state index contributed by atoms with van der Waals surface area (Å²) in [6.07, 6.45) is 1.27. The highest BCUT2D eigenvalue weighted by Gasteiger charge is 2.44. The number of aliphatic hydroxyl groups is 1. The van der Waals surface area contributed by atoms with E-state index < -0.39 is 16.5 Å². The average Bonchev–Trinajstić information content (AvgIpc) is 2.28. The van der Waals surface area contributed by atoms with Gasteiger partial charge in [-0.1, -0.05) is 0 Å². The first kappa shape index (κ1) is 15.4. The molecule has 4 N–H and O–H groups in total. The zero-order chi connectivity index (χ0) is 14.0. The summed E-state index contributed by atoms with van der Waals surface area (Å²) in [5.41, 5.74) is 4.17. The second kappa shape index (κ2) is 5.15. The van der Waals surface area contributed by atoms with E-state index in [1.807, 2.05) is 27.7 Å². The molecule has 106 valence electrons. The second-order valence-corrected chi connectivity index (χ2v) is 6.35. The minimum atomic E-state index is -0.701. The van der Waals surface area contributed by atoms with Gasteiger partial charge in [0.1, 0.15) is 0 Å². The fraction of sp³-hybridized carbons (Fsp3) is 0.923. The molecule has 1 amide bonds. The Hall–Kier alpha value is -0.650. The van der Waals surface area contributed by atoms with Crippen LogP contribution in [-0.2, 0) is 9.53 Å². The van der Waals surface area contributed by atoms with E-state index in [4.69, 9.17) is 10.5 Å². The first-order chi connectivity index (χ1) is 8.15. The molecule has 1 saturated heterocycles. The van der Waals surface area contributed by atoms with Gasteiger partial charge in [0.15, 0.2) is 0 Å². The fourth-order valence-corrected chi connectivity index (χ4v) is 1.77. The molecule has 1 aliphatic heterocycles. The van der Waals surface area contributed by atoms with Crippen molar-refractivity contribution in [1.29, 1.82) is 0 Å². The van der Waals surface area contributed by atoms with Crippen molar-refractivity contribution in [1.82, 2.24) is 5.32 Å². The van der Waals surface area contributed by atoms with Crippen molar-refractivity contribution >= 4 is 5.91 Å². The summed E-state index contributed by atoms with van der Waals surface area (Å²) in [5.74, 6) is -0.119. The summed E-state index contributed by atoms with van der Waals surface area (Å²) in [6.45, 7) is 8.38. The molecule has 0 radical (unpaired) electrons. The molecule has 0 unspecified atom stereocenters. The lowest BCUT2D eigenvalue weighted by atomic mass is 9.73. The van der Waals surface area contributed by atoms with Gasteiger partial charge >= 0.3 is 0 Å². The molecule has 0 aliphatic carbocycles. The highest BCUT2D eigenvalue weighted by molar-refractivity contribution is 5.84. The first-order valence-electron chi connectivity index (χ1n) is 6.45. The Morgan fingerprint density at radius 3 is 2.22 bits per heavy atom. The number of carbonyl (C=O) groups is 1. The summed E-state index contributed by atoms with van der Waals surface area (Å²) in [5, 5.41) is 12.5. The third-order valence-corrected chi connectivity index (χ3v) is 4.31. The molecule has 1 aliphatic rings. The van der Waals surface area contributed by atoms with Crippen LogP contribution in [0.25, 0.3) is 0 Å². The monoisotopic (exact) mass is 258 g/mol. The van der Waals surface area contributed by atoms with Crippen LogP contribution < -0.4 is 11.1 Å². The Bertz CT molecular complexity index is 302. The fourth-order valence-electron chi connectivity index (χ4n) is 1.77. The van der Waals surface area contributed by atoms with Crippen LogP contribution in [0, 0.1) is 5.41 Å². The van der Waals surface area contributed by atoms with Crippen molar-refractivity contribution < 1.29 is 14.6 Å². The van der Waals surface area contributed by atoms with Crippen molar-refractivity contribution in [3.05, 3.63) is 0 Å². The van der Waals surface area contributed by atoms with Gasteiger partial charge in [-0.2, -0.15) is 0 Å². The van der Waals surface area contributed by atoms with Crippen molar-refractivity contribution in [2.75, 3.05) is 19.8 Å². The Kier molecular flexibility index (Phi) is 4.41. The molecule has 0 aromatic rings. The molecule has 0 aromatic heterocycles. The summed E-state index contributed by atoms with van der Waals surface area (Å²) in [4.78, 5) is 12.4. The summed E-state index contributed by atoms with van der Waals surface area (Å²) >= 11 is 0. The maximum absolute atomic E-state index is 12.4. The van der Waals surface area contributed by atoms with Crippen molar-refractivity contribution in [3.8, 4) is 0 Å². The van der Waals surface area contributed by atoms with E-state index in [-0.39, 0.29) is 12.5 Å². The van der Waals surface area contributed by atoms with Crippen LogP contribution >= 0.6 is 0 Å². The molecule has 18 heavy (non-hydrogen) atoms. The van der Waals surface area contributed by atoms with Crippen molar-refractivity contribution in [2.24, 2.45) is 11.1 Å². The van der Waals surface area contributed by atoms with E-state index in [9.17, 15) is 9.90 Å². The molecule has 0 spiro atoms. The number of hydrogen-bond acceptors (Lipinski definition) is 4. The zero-order valence-corrected chi connectivity index (χ0v) is 11.9. The lowest BCUT2D eigenvalue weighted by molar-refractivity contribution is -0.136. The minimum absolute atomic E-state index is 0.0663. The minimum Gasteiger partial charge on any atom is -0.394 e. The number of ether oxygens (including phenoxy) is 1. The van der Waals surface area contributed by atoms with Crippen LogP contribution in [0.4, 0.5) is 0 Å². The van der Waals surface area contributed by atoms with Gasteiger partial charge in [0, 0.05) is 18.8 Å². The van der Waals surface area contributed by atoms with Crippen LogP contribution in [0.15, 0.2) is 0 Å². The topological polar surface area (TPSA) is 84.6 Å². The molecule has 1 heterocycles. The van der Waals surface area contributed by atoms with E-state index in [0.29, 0.717) is 26.1 Å². The Morgan fingerprint density at radius 1 is 1.33 bits per heavy atom. The molecule has 1 rings (SSSR count). The average molecular weight is 258 g/mol. The number of amides is 1. The van der Waals surface area contributed by atoms with E-state index in [2.05, 4.69) is 5.32 Å². The number of rotatable bonds is 4. The van der Waals surface area contributed by atoms with E-state index >= 15 is 0 Å². The number of carbonyl (C=O) groups excluding carboxylic acids is 1. The van der Waals surface area contributed by atoms with Gasteiger partial charge in [-0.25, -0.2) is 0 Å². The number of nitrogens with two attached hydrogens (primary N) is 1. The summed E-state index contributed by atoms with van der Waals surface area (Å²) in [7, 11) is 0. The van der Waals surface area contributed by atoms with Crippen molar-refractivity contribution in [2.45, 2.75) is 51.6 Å². The maximum Gasteiger partial charge on any atom is 0.228 e. The van der Waals surface area contributed by atoms with E-state index in [0.717, 1.165) is 0 Å². The highest BCUT2D eigenvalue weighted by Crippen LogP contribution is 2.30. The van der Waals surface area contributed by atoms with Crippen LogP contribution in [-0.4, -0.2) is 41.9 Å². The Morgan fingerprint density at radius 2 is 1.83 bits per heavy atom. The third-order valence-electron chi connectivity index (χ3n) is 4.31. The molecule has 0 saturated carbocycles. The maximum atomic E-state index is 12.4. The van der Waals surface area contributed by atoms with Gasteiger partial charge in [-0.3, -0.25) is 4.79 Å². The van der Waals surface area contributed by atoms with Gasteiger partial charge in [0.05, 0.1) is 17.6 Å². The molecule has 5 nitrogen and oxygen atoms in total. The third kappa shape index (κ3) is 3.02. The second-order valence-electron chi connectivity index (χ2n) is 6.35. The van der Waals surface area contributed by atoms with E-state index in [1.54, 1.807) is 0 Å². The van der Waals surface area contributed by atoms with Crippen LogP contribution in [0.5, 0.6) is 0 Å². The SMILES string of the molecule is CC(C)(N)C(C)(C)C(=O)NC1(CO)CCOCC1. The highest BCUT2D eigenvalue weighted by atomic mass is 16.5. The quantitative estimate of drug-likeness (QED) is 0.682. The normalized spacial score (nSPS) is 20.6. The molecule has 0 aromatic carbocycles. The molecular weight excluding hydrogens is 232 g/mol.